The molecule has 0 saturated carbocycles. The normalized spacial score (nSPS) is 23.2. The standard InChI is InChI=1S/C14H20N2O4S/c1-10-8-16(9-13(10)14(17)18)21(19,20)12-6-4-5-11(7-12)15(2)3/h4-7,10,13H,8-9H2,1-3H3,(H,17,18)/t10-,13-/m1/s1. The molecular formula is C14H20N2O4S. The molecule has 0 aliphatic carbocycles. The van der Waals surface area contributed by atoms with Gasteiger partial charge in [0.25, 0.3) is 0 Å². The maximum atomic E-state index is 12.6. The van der Waals surface area contributed by atoms with Gasteiger partial charge in [0.15, 0.2) is 0 Å². The molecule has 2 atom stereocenters. The second-order valence-electron chi connectivity index (χ2n) is 5.64. The number of aliphatic carboxylic acids is 1. The molecule has 21 heavy (non-hydrogen) atoms. The van der Waals surface area contributed by atoms with Gasteiger partial charge in [0.2, 0.25) is 10.0 Å². The van der Waals surface area contributed by atoms with Crippen molar-refractivity contribution in [3.63, 3.8) is 0 Å². The first-order valence-electron chi connectivity index (χ1n) is 6.74. The number of carboxylic acid groups (broad SMARTS) is 1. The molecule has 1 aromatic carbocycles. The van der Waals surface area contributed by atoms with Gasteiger partial charge in [-0.1, -0.05) is 13.0 Å². The second kappa shape index (κ2) is 5.65. The van der Waals surface area contributed by atoms with E-state index < -0.39 is 21.9 Å². The fourth-order valence-electron chi connectivity index (χ4n) is 2.51. The lowest BCUT2D eigenvalue weighted by molar-refractivity contribution is -0.142. The maximum Gasteiger partial charge on any atom is 0.308 e. The van der Waals surface area contributed by atoms with Gasteiger partial charge in [-0.15, -0.1) is 0 Å². The van der Waals surface area contributed by atoms with Crippen LogP contribution in [0.4, 0.5) is 5.69 Å². The molecule has 1 aliphatic rings. The van der Waals surface area contributed by atoms with Gasteiger partial charge in [0.1, 0.15) is 0 Å². The lowest BCUT2D eigenvalue weighted by Gasteiger charge is -2.18. The summed E-state index contributed by atoms with van der Waals surface area (Å²) in [5.74, 6) is -1.77. The number of hydrogen-bond acceptors (Lipinski definition) is 4. The average molecular weight is 312 g/mol. The van der Waals surface area contributed by atoms with Crippen LogP contribution in [0.3, 0.4) is 0 Å². The van der Waals surface area contributed by atoms with E-state index in [2.05, 4.69) is 0 Å². The van der Waals surface area contributed by atoms with Crippen molar-refractivity contribution >= 4 is 21.7 Å². The summed E-state index contributed by atoms with van der Waals surface area (Å²) in [5, 5.41) is 9.13. The van der Waals surface area contributed by atoms with Crippen LogP contribution in [0.1, 0.15) is 6.92 Å². The zero-order chi connectivity index (χ0) is 15.8. The Balaban J connectivity index is 2.31. The van der Waals surface area contributed by atoms with E-state index in [0.29, 0.717) is 0 Å². The SMILES string of the molecule is C[C@@H]1CN(S(=O)(=O)c2cccc(N(C)C)c2)C[C@H]1C(=O)O. The van der Waals surface area contributed by atoms with Crippen LogP contribution >= 0.6 is 0 Å². The minimum absolute atomic E-state index is 0.0328. The third-order valence-corrected chi connectivity index (χ3v) is 5.70. The third-order valence-electron chi connectivity index (χ3n) is 3.87. The van der Waals surface area contributed by atoms with Gasteiger partial charge in [-0.05, 0) is 24.1 Å². The van der Waals surface area contributed by atoms with E-state index in [9.17, 15) is 13.2 Å². The van der Waals surface area contributed by atoms with Crippen molar-refractivity contribution in [3.05, 3.63) is 24.3 Å². The van der Waals surface area contributed by atoms with Crippen LogP contribution in [0.5, 0.6) is 0 Å². The Morgan fingerprint density at radius 1 is 1.33 bits per heavy atom. The van der Waals surface area contributed by atoms with Crippen LogP contribution in [-0.4, -0.2) is 51.0 Å². The fourth-order valence-corrected chi connectivity index (χ4v) is 4.12. The van der Waals surface area contributed by atoms with Gasteiger partial charge in [-0.2, -0.15) is 4.31 Å². The third kappa shape index (κ3) is 3.03. The Bertz CT molecular complexity index is 642. The fraction of sp³-hybridized carbons (Fsp3) is 0.500. The van der Waals surface area contributed by atoms with E-state index in [1.54, 1.807) is 25.1 Å². The molecule has 2 rings (SSSR count). The van der Waals surface area contributed by atoms with Crippen LogP contribution < -0.4 is 4.90 Å². The van der Waals surface area contributed by atoms with Crippen molar-refractivity contribution in [2.24, 2.45) is 11.8 Å². The van der Waals surface area contributed by atoms with Crippen LogP contribution in [-0.2, 0) is 14.8 Å². The Kier molecular flexibility index (Phi) is 4.25. The molecular weight excluding hydrogens is 292 g/mol. The Labute approximate surface area is 125 Å². The molecule has 116 valence electrons. The molecule has 0 radical (unpaired) electrons. The summed E-state index contributed by atoms with van der Waals surface area (Å²) in [7, 11) is 0.0241. The summed E-state index contributed by atoms with van der Waals surface area (Å²) in [5.41, 5.74) is 0.790. The topological polar surface area (TPSA) is 77.9 Å². The predicted octanol–water partition coefficient (Wildman–Crippen LogP) is 1.09. The lowest BCUT2D eigenvalue weighted by Crippen LogP contribution is -2.30. The molecule has 0 aromatic heterocycles. The minimum Gasteiger partial charge on any atom is -0.481 e. The van der Waals surface area contributed by atoms with Crippen molar-refractivity contribution in [1.29, 1.82) is 0 Å². The van der Waals surface area contributed by atoms with Gasteiger partial charge in [-0.3, -0.25) is 4.79 Å². The van der Waals surface area contributed by atoms with Gasteiger partial charge in [-0.25, -0.2) is 8.42 Å². The van der Waals surface area contributed by atoms with Crippen molar-refractivity contribution < 1.29 is 18.3 Å². The first kappa shape index (κ1) is 15.8. The zero-order valence-electron chi connectivity index (χ0n) is 12.4. The van der Waals surface area contributed by atoms with E-state index in [4.69, 9.17) is 5.11 Å². The summed E-state index contributed by atoms with van der Waals surface area (Å²) in [4.78, 5) is 13.2. The number of carboxylic acids is 1. The number of rotatable bonds is 4. The molecule has 6 nitrogen and oxygen atoms in total. The molecule has 1 aromatic rings. The molecule has 0 bridgehead atoms. The quantitative estimate of drug-likeness (QED) is 0.900. The molecule has 0 spiro atoms. The summed E-state index contributed by atoms with van der Waals surface area (Å²) < 4.78 is 26.5. The molecule has 1 fully saturated rings. The molecule has 0 unspecified atom stereocenters. The average Bonchev–Trinajstić information content (AvgIpc) is 2.82. The number of benzene rings is 1. The highest BCUT2D eigenvalue weighted by atomic mass is 32.2. The van der Waals surface area contributed by atoms with Gasteiger partial charge in [0, 0.05) is 32.9 Å². The Hall–Kier alpha value is -1.60. The molecule has 1 saturated heterocycles. The zero-order valence-corrected chi connectivity index (χ0v) is 13.2. The molecule has 1 N–H and O–H groups in total. The van der Waals surface area contributed by atoms with Crippen LogP contribution in [0.25, 0.3) is 0 Å². The molecule has 0 amide bonds. The van der Waals surface area contributed by atoms with E-state index in [0.717, 1.165) is 5.69 Å². The van der Waals surface area contributed by atoms with E-state index in [1.165, 1.54) is 4.31 Å². The first-order valence-corrected chi connectivity index (χ1v) is 8.18. The van der Waals surface area contributed by atoms with Crippen LogP contribution in [0, 0.1) is 11.8 Å². The number of nitrogens with zero attached hydrogens (tertiary/aromatic N) is 2. The van der Waals surface area contributed by atoms with Gasteiger partial charge >= 0.3 is 5.97 Å². The number of anilines is 1. The summed E-state index contributed by atoms with van der Waals surface area (Å²) >= 11 is 0. The highest BCUT2D eigenvalue weighted by Crippen LogP contribution is 2.29. The first-order chi connectivity index (χ1) is 9.73. The van der Waals surface area contributed by atoms with Crippen molar-refractivity contribution in [3.8, 4) is 0 Å². The lowest BCUT2D eigenvalue weighted by atomic mass is 9.99. The number of hydrogen-bond donors (Lipinski definition) is 1. The van der Waals surface area contributed by atoms with Crippen LogP contribution in [0.15, 0.2) is 29.2 Å². The second-order valence-corrected chi connectivity index (χ2v) is 7.57. The smallest absolute Gasteiger partial charge is 0.308 e. The summed E-state index contributed by atoms with van der Waals surface area (Å²) in [6.07, 6.45) is 0. The number of sulfonamides is 1. The highest BCUT2D eigenvalue weighted by Gasteiger charge is 2.40. The van der Waals surface area contributed by atoms with Crippen molar-refractivity contribution in [2.75, 3.05) is 32.1 Å². The van der Waals surface area contributed by atoms with E-state index in [-0.39, 0.29) is 23.9 Å². The monoisotopic (exact) mass is 312 g/mol. The summed E-state index contributed by atoms with van der Waals surface area (Å²) in [6.45, 7) is 2.04. The minimum atomic E-state index is -3.65. The van der Waals surface area contributed by atoms with Gasteiger partial charge < -0.3 is 10.0 Å². The van der Waals surface area contributed by atoms with E-state index in [1.807, 2.05) is 25.1 Å². The summed E-state index contributed by atoms with van der Waals surface area (Å²) in [6, 6.07) is 6.66. The Morgan fingerprint density at radius 3 is 2.52 bits per heavy atom. The highest BCUT2D eigenvalue weighted by molar-refractivity contribution is 7.89. The molecule has 1 heterocycles. The molecule has 1 aliphatic heterocycles. The van der Waals surface area contributed by atoms with Gasteiger partial charge in [0.05, 0.1) is 10.8 Å². The number of carbonyl (C=O) groups is 1. The Morgan fingerprint density at radius 2 is 2.00 bits per heavy atom. The van der Waals surface area contributed by atoms with Crippen molar-refractivity contribution in [2.45, 2.75) is 11.8 Å². The molecule has 7 heteroatoms. The largest absolute Gasteiger partial charge is 0.481 e. The van der Waals surface area contributed by atoms with Crippen molar-refractivity contribution in [1.82, 2.24) is 4.31 Å². The van der Waals surface area contributed by atoms with E-state index >= 15 is 0 Å². The predicted molar refractivity (Wildman–Crippen MR) is 79.8 cm³/mol. The maximum absolute atomic E-state index is 12.6. The van der Waals surface area contributed by atoms with Crippen LogP contribution in [0.2, 0.25) is 0 Å².